The van der Waals surface area contributed by atoms with Gasteiger partial charge in [-0.1, -0.05) is 19.4 Å². The van der Waals surface area contributed by atoms with E-state index in [9.17, 15) is 9.18 Å². The average Bonchev–Trinajstić information content (AvgIpc) is 2.67. The summed E-state index contributed by atoms with van der Waals surface area (Å²) in [7, 11) is 2.93. The number of methoxy groups -OCH3 is 2. The second-order valence-corrected chi connectivity index (χ2v) is 6.47. The van der Waals surface area contributed by atoms with Gasteiger partial charge in [0.25, 0.3) is 6.04 Å². The molecule has 2 unspecified atom stereocenters. The zero-order chi connectivity index (χ0) is 20.7. The van der Waals surface area contributed by atoms with Crippen molar-refractivity contribution in [1.29, 1.82) is 0 Å². The number of aliphatic imine (C=N–C) groups is 1. The third kappa shape index (κ3) is 4.57. The SMILES string of the molecule is [C-]#[N+]C1C(C)=NC(COC)=C(C(=O)OCCCC)C1c1ccc(F)cc1OC. The molecule has 0 aromatic heterocycles. The molecule has 150 valence electrons. The van der Waals surface area contributed by atoms with Crippen LogP contribution >= 0.6 is 0 Å². The van der Waals surface area contributed by atoms with Gasteiger partial charge >= 0.3 is 5.97 Å². The van der Waals surface area contributed by atoms with Crippen LogP contribution in [0.5, 0.6) is 5.75 Å². The van der Waals surface area contributed by atoms with Gasteiger partial charge in [-0.25, -0.2) is 15.8 Å². The Kier molecular flexibility index (Phi) is 7.70. The molecule has 0 bridgehead atoms. The lowest BCUT2D eigenvalue weighted by molar-refractivity contribution is -0.139. The van der Waals surface area contributed by atoms with Crippen LogP contribution in [0.3, 0.4) is 0 Å². The molecular weight excluding hydrogens is 363 g/mol. The molecule has 2 rings (SSSR count). The van der Waals surface area contributed by atoms with E-state index in [1.165, 1.54) is 26.4 Å². The maximum Gasteiger partial charge on any atom is 0.336 e. The summed E-state index contributed by atoms with van der Waals surface area (Å²) >= 11 is 0. The number of nitrogens with zero attached hydrogens (tertiary/aromatic N) is 2. The summed E-state index contributed by atoms with van der Waals surface area (Å²) in [5.41, 5.74) is 1.77. The van der Waals surface area contributed by atoms with Crippen molar-refractivity contribution in [2.45, 2.75) is 38.6 Å². The highest BCUT2D eigenvalue weighted by Gasteiger charge is 2.44. The normalized spacial score (nSPS) is 19.1. The van der Waals surface area contributed by atoms with Gasteiger partial charge in [0.2, 0.25) is 0 Å². The van der Waals surface area contributed by atoms with Gasteiger partial charge in [0.1, 0.15) is 17.5 Å². The maximum atomic E-state index is 13.7. The van der Waals surface area contributed by atoms with Crippen molar-refractivity contribution < 1.29 is 23.4 Å². The van der Waals surface area contributed by atoms with E-state index in [1.807, 2.05) is 6.92 Å². The summed E-state index contributed by atoms with van der Waals surface area (Å²) in [6.07, 6.45) is 1.62. The quantitative estimate of drug-likeness (QED) is 0.385. The van der Waals surface area contributed by atoms with Gasteiger partial charge in [0.15, 0.2) is 0 Å². The van der Waals surface area contributed by atoms with Crippen LogP contribution in [0.1, 0.15) is 38.2 Å². The number of halogens is 1. The summed E-state index contributed by atoms with van der Waals surface area (Å²) in [4.78, 5) is 21.1. The van der Waals surface area contributed by atoms with Crippen molar-refractivity contribution in [2.75, 3.05) is 27.4 Å². The first-order chi connectivity index (χ1) is 13.5. The Hall–Kier alpha value is -2.72. The topological polar surface area (TPSA) is 61.5 Å². The third-order valence-corrected chi connectivity index (χ3v) is 4.58. The first-order valence-corrected chi connectivity index (χ1v) is 9.12. The van der Waals surface area contributed by atoms with Crippen LogP contribution in [0.4, 0.5) is 4.39 Å². The first-order valence-electron chi connectivity index (χ1n) is 9.12. The van der Waals surface area contributed by atoms with E-state index in [-0.39, 0.29) is 24.5 Å². The molecule has 1 heterocycles. The standard InChI is InChI=1S/C21H25FN2O4/c1-6-7-10-28-21(25)19-16(12-26-4)24-13(2)20(23-3)18(19)15-9-8-14(22)11-17(15)27-5/h8-9,11,18,20H,6-7,10,12H2,1-2,4-5H3. The Morgan fingerprint density at radius 3 is 2.71 bits per heavy atom. The smallest absolute Gasteiger partial charge is 0.336 e. The zero-order valence-electron chi connectivity index (χ0n) is 16.6. The van der Waals surface area contributed by atoms with Crippen LogP contribution < -0.4 is 4.74 Å². The van der Waals surface area contributed by atoms with Gasteiger partial charge in [-0.15, -0.1) is 0 Å². The highest BCUT2D eigenvalue weighted by atomic mass is 19.1. The van der Waals surface area contributed by atoms with Gasteiger partial charge in [-0.2, -0.15) is 0 Å². The van der Waals surface area contributed by atoms with E-state index in [4.69, 9.17) is 20.8 Å². The largest absolute Gasteiger partial charge is 0.496 e. The molecule has 0 aliphatic carbocycles. The van der Waals surface area contributed by atoms with Crippen LogP contribution in [-0.2, 0) is 14.3 Å². The molecule has 1 aromatic carbocycles. The summed E-state index contributed by atoms with van der Waals surface area (Å²) in [6, 6.07) is 3.34. The minimum atomic E-state index is -0.728. The van der Waals surface area contributed by atoms with Crippen LogP contribution in [-0.4, -0.2) is 45.2 Å². The fourth-order valence-corrected chi connectivity index (χ4v) is 3.23. The van der Waals surface area contributed by atoms with E-state index in [0.29, 0.717) is 17.0 Å². The van der Waals surface area contributed by atoms with Crippen molar-refractivity contribution in [3.8, 4) is 5.75 Å². The number of hydrogen-bond acceptors (Lipinski definition) is 5. The molecule has 1 aliphatic rings. The molecular formula is C21H25FN2O4. The molecule has 7 heteroatoms. The number of unbranched alkanes of at least 4 members (excludes halogenated alkanes) is 1. The van der Waals surface area contributed by atoms with Gasteiger partial charge in [0.05, 0.1) is 37.3 Å². The molecule has 1 aliphatic heterocycles. The van der Waals surface area contributed by atoms with Crippen LogP contribution in [0, 0.1) is 12.4 Å². The number of ether oxygens (including phenoxy) is 3. The van der Waals surface area contributed by atoms with Crippen molar-refractivity contribution >= 4 is 11.7 Å². The molecule has 6 nitrogen and oxygen atoms in total. The van der Waals surface area contributed by atoms with Gasteiger partial charge in [-0.05, 0) is 19.4 Å². The predicted octanol–water partition coefficient (Wildman–Crippen LogP) is 3.92. The molecule has 0 amide bonds. The predicted molar refractivity (Wildman–Crippen MR) is 104 cm³/mol. The first kappa shape index (κ1) is 21.6. The van der Waals surface area contributed by atoms with Crippen LogP contribution in [0.25, 0.3) is 4.85 Å². The monoisotopic (exact) mass is 388 g/mol. The Balaban J connectivity index is 2.64. The maximum absolute atomic E-state index is 13.7. The lowest BCUT2D eigenvalue weighted by Gasteiger charge is -2.27. The summed E-state index contributed by atoms with van der Waals surface area (Å²) in [5, 5.41) is 0. The second-order valence-electron chi connectivity index (χ2n) is 6.47. The van der Waals surface area contributed by atoms with Crippen LogP contribution in [0.2, 0.25) is 0 Å². The van der Waals surface area contributed by atoms with Gasteiger partial charge < -0.3 is 19.1 Å². The highest BCUT2D eigenvalue weighted by Crippen LogP contribution is 2.41. The Bertz CT molecular complexity index is 826. The molecule has 0 saturated heterocycles. The molecule has 0 radical (unpaired) electrons. The summed E-state index contributed by atoms with van der Waals surface area (Å²) < 4.78 is 29.7. The van der Waals surface area contributed by atoms with E-state index in [1.54, 1.807) is 13.0 Å². The van der Waals surface area contributed by atoms with Crippen molar-refractivity contribution in [3.05, 3.63) is 52.3 Å². The number of hydrogen-bond donors (Lipinski definition) is 0. The van der Waals surface area contributed by atoms with Crippen molar-refractivity contribution in [1.82, 2.24) is 0 Å². The minimum Gasteiger partial charge on any atom is -0.496 e. The average molecular weight is 388 g/mol. The molecule has 0 spiro atoms. The van der Waals surface area contributed by atoms with E-state index >= 15 is 0 Å². The number of esters is 1. The fraction of sp³-hybridized carbons (Fsp3) is 0.476. The Labute approximate surface area is 164 Å². The van der Waals surface area contributed by atoms with Gasteiger partial charge in [0, 0.05) is 18.7 Å². The number of rotatable bonds is 8. The van der Waals surface area contributed by atoms with E-state index < -0.39 is 23.7 Å². The molecule has 1 aromatic rings. The summed E-state index contributed by atoms with van der Waals surface area (Å²) in [6.45, 7) is 11.8. The lowest BCUT2D eigenvalue weighted by Crippen LogP contribution is -2.34. The number of carbonyl (C=O) groups is 1. The van der Waals surface area contributed by atoms with Crippen LogP contribution in [0.15, 0.2) is 34.5 Å². The molecule has 2 atom stereocenters. The number of carbonyl (C=O) groups excluding carboxylic acids is 1. The molecule has 0 saturated carbocycles. The molecule has 0 N–H and O–H groups in total. The number of benzene rings is 1. The Morgan fingerprint density at radius 1 is 1.36 bits per heavy atom. The minimum absolute atomic E-state index is 0.0975. The lowest BCUT2D eigenvalue weighted by atomic mass is 9.79. The molecule has 0 fully saturated rings. The highest BCUT2D eigenvalue weighted by molar-refractivity contribution is 6.00. The van der Waals surface area contributed by atoms with E-state index in [0.717, 1.165) is 12.8 Å². The zero-order valence-corrected chi connectivity index (χ0v) is 16.6. The Morgan fingerprint density at radius 2 is 2.11 bits per heavy atom. The third-order valence-electron chi connectivity index (χ3n) is 4.58. The second kappa shape index (κ2) is 10.00. The molecule has 28 heavy (non-hydrogen) atoms. The van der Waals surface area contributed by atoms with Crippen molar-refractivity contribution in [3.63, 3.8) is 0 Å². The summed E-state index contributed by atoms with van der Waals surface area (Å²) in [5.74, 6) is -1.43. The van der Waals surface area contributed by atoms with E-state index in [2.05, 4.69) is 9.84 Å². The fourth-order valence-electron chi connectivity index (χ4n) is 3.23. The van der Waals surface area contributed by atoms with Gasteiger partial charge in [-0.3, -0.25) is 4.99 Å². The van der Waals surface area contributed by atoms with Crippen molar-refractivity contribution in [2.24, 2.45) is 4.99 Å².